The third-order valence-electron chi connectivity index (χ3n) is 4.60. The van der Waals surface area contributed by atoms with E-state index in [2.05, 4.69) is 18.7 Å². The number of anilines is 1. The maximum absolute atomic E-state index is 12.0. The molecular formula is C22H21NO5. The number of carboxylic acid groups (broad SMARTS) is 1. The quantitative estimate of drug-likeness (QED) is 0.624. The molecular weight excluding hydrogens is 358 g/mol. The Morgan fingerprint density at radius 2 is 1.82 bits per heavy atom. The molecule has 6 nitrogen and oxygen atoms in total. The van der Waals surface area contributed by atoms with Crippen LogP contribution in [0.25, 0.3) is 23.1 Å². The van der Waals surface area contributed by atoms with Gasteiger partial charge in [-0.25, -0.2) is 9.59 Å². The SMILES string of the molecule is CCN(CC)c1ccc2c(C=Cc3ccc(O)c(C(=O)O)c3)cc(=O)oc2c1. The van der Waals surface area contributed by atoms with Crippen LogP contribution in [0.5, 0.6) is 5.75 Å². The first-order valence-corrected chi connectivity index (χ1v) is 9.00. The molecule has 0 amide bonds. The summed E-state index contributed by atoms with van der Waals surface area (Å²) in [5.74, 6) is -1.50. The van der Waals surface area contributed by atoms with Crippen molar-refractivity contribution in [1.29, 1.82) is 0 Å². The molecule has 0 radical (unpaired) electrons. The molecule has 6 heteroatoms. The highest BCUT2D eigenvalue weighted by molar-refractivity contribution is 5.93. The Morgan fingerprint density at radius 1 is 1.07 bits per heavy atom. The van der Waals surface area contributed by atoms with Crippen LogP contribution in [0.15, 0.2) is 51.7 Å². The van der Waals surface area contributed by atoms with Crippen molar-refractivity contribution in [2.24, 2.45) is 0 Å². The minimum absolute atomic E-state index is 0.177. The summed E-state index contributed by atoms with van der Waals surface area (Å²) in [4.78, 5) is 25.3. The van der Waals surface area contributed by atoms with Crippen LogP contribution >= 0.6 is 0 Å². The first-order valence-electron chi connectivity index (χ1n) is 9.00. The van der Waals surface area contributed by atoms with Crippen molar-refractivity contribution in [2.75, 3.05) is 18.0 Å². The van der Waals surface area contributed by atoms with E-state index in [0.29, 0.717) is 16.7 Å². The Labute approximate surface area is 162 Å². The number of phenols is 1. The minimum Gasteiger partial charge on any atom is -0.507 e. The number of benzene rings is 2. The van der Waals surface area contributed by atoms with Gasteiger partial charge in [0.15, 0.2) is 0 Å². The second-order valence-corrected chi connectivity index (χ2v) is 6.29. The summed E-state index contributed by atoms with van der Waals surface area (Å²) in [6, 6.07) is 11.4. The van der Waals surface area contributed by atoms with Gasteiger partial charge in [-0.2, -0.15) is 0 Å². The molecule has 0 unspecified atom stereocenters. The molecule has 0 aliphatic heterocycles. The third kappa shape index (κ3) is 3.91. The van der Waals surface area contributed by atoms with Gasteiger partial charge in [-0.15, -0.1) is 0 Å². The Kier molecular flexibility index (Phi) is 5.49. The van der Waals surface area contributed by atoms with Crippen LogP contribution in [-0.2, 0) is 0 Å². The smallest absolute Gasteiger partial charge is 0.339 e. The van der Waals surface area contributed by atoms with Gasteiger partial charge in [0.2, 0.25) is 0 Å². The molecule has 3 rings (SSSR count). The summed E-state index contributed by atoms with van der Waals surface area (Å²) in [6.45, 7) is 5.81. The van der Waals surface area contributed by atoms with Gasteiger partial charge in [0.25, 0.3) is 0 Å². The number of nitrogens with zero attached hydrogens (tertiary/aromatic N) is 1. The Hall–Kier alpha value is -3.54. The van der Waals surface area contributed by atoms with E-state index in [1.807, 2.05) is 18.2 Å². The van der Waals surface area contributed by atoms with Crippen LogP contribution in [0.1, 0.15) is 35.3 Å². The van der Waals surface area contributed by atoms with Gasteiger partial charge in [-0.05, 0) is 49.2 Å². The number of aromatic carboxylic acids is 1. The second kappa shape index (κ2) is 8.00. The lowest BCUT2D eigenvalue weighted by Gasteiger charge is -2.21. The van der Waals surface area contributed by atoms with Gasteiger partial charge in [-0.1, -0.05) is 18.2 Å². The Balaban J connectivity index is 2.04. The molecule has 0 saturated carbocycles. The lowest BCUT2D eigenvalue weighted by Crippen LogP contribution is -2.21. The van der Waals surface area contributed by atoms with Crippen LogP contribution in [0.3, 0.4) is 0 Å². The number of carboxylic acids is 1. The zero-order valence-electron chi connectivity index (χ0n) is 15.7. The molecule has 0 aliphatic carbocycles. The lowest BCUT2D eigenvalue weighted by atomic mass is 10.1. The summed E-state index contributed by atoms with van der Waals surface area (Å²) >= 11 is 0. The molecule has 0 fully saturated rings. The molecule has 3 aromatic rings. The largest absolute Gasteiger partial charge is 0.507 e. The molecule has 0 saturated heterocycles. The van der Waals surface area contributed by atoms with E-state index in [9.17, 15) is 14.7 Å². The maximum Gasteiger partial charge on any atom is 0.339 e. The highest BCUT2D eigenvalue weighted by atomic mass is 16.4. The van der Waals surface area contributed by atoms with Crippen molar-refractivity contribution in [3.05, 3.63) is 69.6 Å². The number of hydrogen-bond donors (Lipinski definition) is 2. The van der Waals surface area contributed by atoms with Crippen molar-refractivity contribution in [3.8, 4) is 5.75 Å². The van der Waals surface area contributed by atoms with Gasteiger partial charge < -0.3 is 19.5 Å². The fourth-order valence-electron chi connectivity index (χ4n) is 3.11. The first kappa shape index (κ1) is 19.2. The van der Waals surface area contributed by atoms with Crippen molar-refractivity contribution in [1.82, 2.24) is 0 Å². The topological polar surface area (TPSA) is 91.0 Å². The highest BCUT2D eigenvalue weighted by Gasteiger charge is 2.10. The lowest BCUT2D eigenvalue weighted by molar-refractivity contribution is 0.0693. The van der Waals surface area contributed by atoms with Gasteiger partial charge >= 0.3 is 11.6 Å². The molecule has 144 valence electrons. The summed E-state index contributed by atoms with van der Waals surface area (Å²) in [7, 11) is 0. The summed E-state index contributed by atoms with van der Waals surface area (Å²) in [5, 5.41) is 19.5. The predicted octanol–water partition coefficient (Wildman–Crippen LogP) is 4.21. The van der Waals surface area contributed by atoms with E-state index >= 15 is 0 Å². The fourth-order valence-corrected chi connectivity index (χ4v) is 3.11. The summed E-state index contributed by atoms with van der Waals surface area (Å²) < 4.78 is 5.37. The van der Waals surface area contributed by atoms with Crippen molar-refractivity contribution < 1.29 is 19.4 Å². The minimum atomic E-state index is -1.21. The third-order valence-corrected chi connectivity index (χ3v) is 4.60. The van der Waals surface area contributed by atoms with E-state index in [0.717, 1.165) is 24.2 Å². The summed E-state index contributed by atoms with van der Waals surface area (Å²) in [6.07, 6.45) is 3.42. The fraction of sp³-hybridized carbons (Fsp3) is 0.182. The van der Waals surface area contributed by atoms with E-state index in [1.54, 1.807) is 18.2 Å². The number of rotatable bonds is 6. The Bertz CT molecular complexity index is 1110. The standard InChI is InChI=1S/C22H21NO5/c1-3-23(4-2)16-8-9-17-15(12-21(25)28-20(17)13-16)7-5-14-6-10-19(24)18(11-14)22(26)27/h5-13,24H,3-4H2,1-2H3,(H,26,27). The van der Waals surface area contributed by atoms with Crippen LogP contribution < -0.4 is 10.5 Å². The van der Waals surface area contributed by atoms with Gasteiger partial charge in [-0.3, -0.25) is 0 Å². The van der Waals surface area contributed by atoms with E-state index in [1.165, 1.54) is 18.2 Å². The molecule has 0 aliphatic rings. The molecule has 0 atom stereocenters. The maximum atomic E-state index is 12.0. The van der Waals surface area contributed by atoms with E-state index in [4.69, 9.17) is 9.52 Å². The average molecular weight is 379 g/mol. The van der Waals surface area contributed by atoms with Crippen LogP contribution in [0, 0.1) is 0 Å². The second-order valence-electron chi connectivity index (χ2n) is 6.29. The average Bonchev–Trinajstić information content (AvgIpc) is 2.67. The van der Waals surface area contributed by atoms with Crippen molar-refractivity contribution >= 4 is 34.8 Å². The number of fused-ring (bicyclic) bond motifs is 1. The Morgan fingerprint density at radius 3 is 2.50 bits per heavy atom. The predicted molar refractivity (Wildman–Crippen MR) is 110 cm³/mol. The highest BCUT2D eigenvalue weighted by Crippen LogP contribution is 2.25. The van der Waals surface area contributed by atoms with E-state index < -0.39 is 11.6 Å². The zero-order valence-corrected chi connectivity index (χ0v) is 15.7. The van der Waals surface area contributed by atoms with Crippen molar-refractivity contribution in [3.63, 3.8) is 0 Å². The van der Waals surface area contributed by atoms with Crippen molar-refractivity contribution in [2.45, 2.75) is 13.8 Å². The molecule has 28 heavy (non-hydrogen) atoms. The molecule has 0 bridgehead atoms. The number of carbonyl (C=O) groups is 1. The molecule has 1 aromatic heterocycles. The molecule has 2 N–H and O–H groups in total. The van der Waals surface area contributed by atoms with Gasteiger partial charge in [0, 0.05) is 36.3 Å². The van der Waals surface area contributed by atoms with Gasteiger partial charge in [0.1, 0.15) is 16.9 Å². The molecule has 0 spiro atoms. The number of hydrogen-bond acceptors (Lipinski definition) is 5. The van der Waals surface area contributed by atoms with Gasteiger partial charge in [0.05, 0.1) is 0 Å². The van der Waals surface area contributed by atoms with E-state index in [-0.39, 0.29) is 11.3 Å². The first-order chi connectivity index (χ1) is 13.4. The van der Waals surface area contributed by atoms with Crippen LogP contribution in [0.4, 0.5) is 5.69 Å². The zero-order chi connectivity index (χ0) is 20.3. The normalized spacial score (nSPS) is 11.2. The van der Waals surface area contributed by atoms with Crippen LogP contribution in [0.2, 0.25) is 0 Å². The molecule has 1 heterocycles. The number of aromatic hydroxyl groups is 1. The summed E-state index contributed by atoms with van der Waals surface area (Å²) in [5.41, 5.74) is 2.10. The molecule has 2 aromatic carbocycles. The monoisotopic (exact) mass is 379 g/mol. The van der Waals surface area contributed by atoms with Crippen LogP contribution in [-0.4, -0.2) is 29.3 Å².